The Hall–Kier alpha value is -2.70. The van der Waals surface area contributed by atoms with Crippen molar-refractivity contribution < 1.29 is 19.1 Å². The monoisotopic (exact) mass is 394 g/mol. The molecule has 0 radical (unpaired) electrons. The zero-order valence-corrected chi connectivity index (χ0v) is 16.6. The smallest absolute Gasteiger partial charge is 0.253 e. The average molecular weight is 394 g/mol. The number of nitrogens with zero attached hydrogens (tertiary/aromatic N) is 1. The molecular weight excluding hydrogens is 368 g/mol. The molecule has 1 N–H and O–H groups in total. The third-order valence-corrected chi connectivity index (χ3v) is 5.67. The molecule has 2 aromatic carbocycles. The third kappa shape index (κ3) is 4.33. The lowest BCUT2D eigenvalue weighted by Gasteiger charge is -2.37. The molecule has 6 heteroatoms. The van der Waals surface area contributed by atoms with Crippen molar-refractivity contribution in [3.8, 4) is 0 Å². The number of likely N-dealkylation sites (tertiary alicyclic amines) is 1. The number of hydrogen-bond acceptors (Lipinski definition) is 4. The van der Waals surface area contributed by atoms with Crippen LogP contribution in [0.4, 0.5) is 0 Å². The van der Waals surface area contributed by atoms with Gasteiger partial charge in [-0.25, -0.2) is 0 Å². The Balaban J connectivity index is 1.35. The largest absolute Gasteiger partial charge is 0.347 e. The first kappa shape index (κ1) is 19.6. The second-order valence-electron chi connectivity index (χ2n) is 7.58. The topological polar surface area (TPSA) is 67.9 Å². The van der Waals surface area contributed by atoms with Crippen LogP contribution in [0, 0.1) is 0 Å². The van der Waals surface area contributed by atoms with Gasteiger partial charge in [0.05, 0.1) is 19.3 Å². The summed E-state index contributed by atoms with van der Waals surface area (Å²) in [4.78, 5) is 27.1. The molecular formula is C23H26N2O4. The zero-order valence-electron chi connectivity index (χ0n) is 16.6. The lowest BCUT2D eigenvalue weighted by Crippen LogP contribution is -2.47. The summed E-state index contributed by atoms with van der Waals surface area (Å²) >= 11 is 0. The van der Waals surface area contributed by atoms with E-state index in [1.165, 1.54) is 0 Å². The first-order valence-corrected chi connectivity index (χ1v) is 10.1. The van der Waals surface area contributed by atoms with E-state index in [1.54, 1.807) is 24.3 Å². The van der Waals surface area contributed by atoms with Gasteiger partial charge >= 0.3 is 0 Å². The quantitative estimate of drug-likeness (QED) is 0.865. The highest BCUT2D eigenvalue weighted by Crippen LogP contribution is 2.31. The fourth-order valence-electron chi connectivity index (χ4n) is 3.89. The highest BCUT2D eigenvalue weighted by Gasteiger charge is 2.40. The van der Waals surface area contributed by atoms with Crippen LogP contribution in [0.3, 0.4) is 0 Å². The number of benzene rings is 2. The van der Waals surface area contributed by atoms with Crippen LogP contribution >= 0.6 is 0 Å². The molecule has 152 valence electrons. The van der Waals surface area contributed by atoms with Gasteiger partial charge in [0.15, 0.2) is 5.79 Å². The second-order valence-corrected chi connectivity index (χ2v) is 7.58. The minimum atomic E-state index is -0.492. The molecule has 0 aromatic heterocycles. The molecule has 2 fully saturated rings. The molecule has 4 rings (SSSR count). The van der Waals surface area contributed by atoms with Crippen molar-refractivity contribution >= 4 is 11.8 Å². The standard InChI is InChI=1S/C23H26N2O4/c1-17(18-5-3-2-4-6-18)24-21(26)19-7-9-20(10-8-19)22(27)25-13-11-23(12-14-25)28-15-16-29-23/h2-10,17H,11-16H2,1H3,(H,24,26). The van der Waals surface area contributed by atoms with Gasteiger partial charge in [-0.2, -0.15) is 0 Å². The molecule has 2 amide bonds. The van der Waals surface area contributed by atoms with E-state index < -0.39 is 5.79 Å². The Kier molecular flexibility index (Phi) is 5.65. The van der Waals surface area contributed by atoms with Gasteiger partial charge in [0, 0.05) is 37.1 Å². The summed E-state index contributed by atoms with van der Waals surface area (Å²) in [5.74, 6) is -0.674. The molecule has 0 bridgehead atoms. The lowest BCUT2D eigenvalue weighted by atomic mass is 10.0. The number of rotatable bonds is 4. The van der Waals surface area contributed by atoms with E-state index in [0.29, 0.717) is 50.3 Å². The molecule has 2 aliphatic heterocycles. The fraction of sp³-hybridized carbons (Fsp3) is 0.391. The Labute approximate surface area is 170 Å². The molecule has 0 saturated carbocycles. The summed E-state index contributed by atoms with van der Waals surface area (Å²) < 4.78 is 11.4. The summed E-state index contributed by atoms with van der Waals surface area (Å²) in [6, 6.07) is 16.6. The van der Waals surface area contributed by atoms with Gasteiger partial charge in [0.25, 0.3) is 11.8 Å². The van der Waals surface area contributed by atoms with Gasteiger partial charge < -0.3 is 19.7 Å². The number of ether oxygens (including phenoxy) is 2. The normalized spacial score (nSPS) is 19.1. The molecule has 1 unspecified atom stereocenters. The summed E-state index contributed by atoms with van der Waals surface area (Å²) in [5.41, 5.74) is 2.17. The van der Waals surface area contributed by atoms with Gasteiger partial charge in [-0.1, -0.05) is 30.3 Å². The first-order valence-electron chi connectivity index (χ1n) is 10.1. The van der Waals surface area contributed by atoms with Gasteiger partial charge in [0.1, 0.15) is 0 Å². The molecule has 1 spiro atoms. The molecule has 0 aliphatic carbocycles. The van der Waals surface area contributed by atoms with Crippen molar-refractivity contribution in [3.05, 3.63) is 71.3 Å². The number of amides is 2. The maximum Gasteiger partial charge on any atom is 0.253 e. The van der Waals surface area contributed by atoms with Crippen LogP contribution in [-0.2, 0) is 9.47 Å². The van der Waals surface area contributed by atoms with Crippen LogP contribution in [0.1, 0.15) is 52.1 Å². The Morgan fingerprint density at radius 1 is 0.931 bits per heavy atom. The Morgan fingerprint density at radius 2 is 1.52 bits per heavy atom. The molecule has 2 saturated heterocycles. The van der Waals surface area contributed by atoms with E-state index in [2.05, 4.69) is 5.32 Å². The number of nitrogens with one attached hydrogen (secondary N) is 1. The predicted molar refractivity (Wildman–Crippen MR) is 109 cm³/mol. The van der Waals surface area contributed by atoms with E-state index in [1.807, 2.05) is 42.2 Å². The van der Waals surface area contributed by atoms with Crippen molar-refractivity contribution in [1.82, 2.24) is 10.2 Å². The summed E-state index contributed by atoms with van der Waals surface area (Å²) in [5, 5.41) is 2.99. The number of carbonyl (C=O) groups is 2. The van der Waals surface area contributed by atoms with E-state index in [0.717, 1.165) is 5.56 Å². The number of hydrogen-bond donors (Lipinski definition) is 1. The number of carbonyl (C=O) groups excluding carboxylic acids is 2. The molecule has 1 atom stereocenters. The van der Waals surface area contributed by atoms with Gasteiger partial charge in [-0.3, -0.25) is 9.59 Å². The van der Waals surface area contributed by atoms with E-state index in [9.17, 15) is 9.59 Å². The predicted octanol–water partition coefficient (Wildman–Crippen LogP) is 3.16. The summed E-state index contributed by atoms with van der Waals surface area (Å²) in [6.07, 6.45) is 1.38. The second kappa shape index (κ2) is 8.35. The molecule has 2 aliphatic rings. The SMILES string of the molecule is CC(NC(=O)c1ccc(C(=O)N2CCC3(CC2)OCCO3)cc1)c1ccccc1. The van der Waals surface area contributed by atoms with Crippen LogP contribution in [0.25, 0.3) is 0 Å². The van der Waals surface area contributed by atoms with Crippen LogP contribution < -0.4 is 5.32 Å². The summed E-state index contributed by atoms with van der Waals surface area (Å²) in [6.45, 7) is 4.41. The maximum atomic E-state index is 12.8. The highest BCUT2D eigenvalue weighted by atomic mass is 16.7. The minimum Gasteiger partial charge on any atom is -0.347 e. The van der Waals surface area contributed by atoms with Crippen molar-refractivity contribution in [3.63, 3.8) is 0 Å². The average Bonchev–Trinajstić information content (AvgIpc) is 3.22. The molecule has 2 heterocycles. The van der Waals surface area contributed by atoms with E-state index in [4.69, 9.17) is 9.47 Å². The lowest BCUT2D eigenvalue weighted by molar-refractivity contribution is -0.181. The molecule has 2 aromatic rings. The zero-order chi connectivity index (χ0) is 20.3. The van der Waals surface area contributed by atoms with Gasteiger partial charge in [-0.05, 0) is 36.8 Å². The minimum absolute atomic E-state index is 0.0255. The fourth-order valence-corrected chi connectivity index (χ4v) is 3.89. The third-order valence-electron chi connectivity index (χ3n) is 5.67. The van der Waals surface area contributed by atoms with Gasteiger partial charge in [-0.15, -0.1) is 0 Å². The van der Waals surface area contributed by atoms with Crippen LogP contribution in [0.2, 0.25) is 0 Å². The Morgan fingerprint density at radius 3 is 2.14 bits per heavy atom. The number of piperidine rings is 1. The van der Waals surface area contributed by atoms with Crippen LogP contribution in [0.5, 0.6) is 0 Å². The van der Waals surface area contributed by atoms with E-state index >= 15 is 0 Å². The molecule has 29 heavy (non-hydrogen) atoms. The van der Waals surface area contributed by atoms with E-state index in [-0.39, 0.29) is 17.9 Å². The van der Waals surface area contributed by atoms with Crippen molar-refractivity contribution in [2.75, 3.05) is 26.3 Å². The van der Waals surface area contributed by atoms with Crippen molar-refractivity contribution in [1.29, 1.82) is 0 Å². The van der Waals surface area contributed by atoms with Crippen LogP contribution in [-0.4, -0.2) is 48.8 Å². The van der Waals surface area contributed by atoms with Crippen molar-refractivity contribution in [2.24, 2.45) is 0 Å². The summed E-state index contributed by atoms with van der Waals surface area (Å²) in [7, 11) is 0. The molecule has 6 nitrogen and oxygen atoms in total. The highest BCUT2D eigenvalue weighted by molar-refractivity contribution is 5.98. The maximum absolute atomic E-state index is 12.8. The van der Waals surface area contributed by atoms with Crippen LogP contribution in [0.15, 0.2) is 54.6 Å². The van der Waals surface area contributed by atoms with Crippen molar-refractivity contribution in [2.45, 2.75) is 31.6 Å². The Bertz CT molecular complexity index is 850. The van der Waals surface area contributed by atoms with Gasteiger partial charge in [0.2, 0.25) is 0 Å². The first-order chi connectivity index (χ1) is 14.1.